The van der Waals surface area contributed by atoms with E-state index in [1.807, 2.05) is 12.1 Å². The third-order valence-corrected chi connectivity index (χ3v) is 3.63. The predicted molar refractivity (Wildman–Crippen MR) is 69.3 cm³/mol. The van der Waals surface area contributed by atoms with Gasteiger partial charge in [-0.15, -0.1) is 0 Å². The molecule has 116 valence electrons. The van der Waals surface area contributed by atoms with Gasteiger partial charge in [0.2, 0.25) is 5.91 Å². The number of halogens is 3. The number of aliphatic hydroxyl groups excluding tert-OH is 1. The van der Waals surface area contributed by atoms with Gasteiger partial charge in [0, 0.05) is 37.8 Å². The number of nitrogens with zero attached hydrogens (tertiary/aromatic N) is 2. The summed E-state index contributed by atoms with van der Waals surface area (Å²) in [4.78, 5) is 17.0. The standard InChI is InChI=1S/C14H17F3N2O2/c15-14(16,17)4-1-13(21)19-8-11(12(20)9-19)7-10-2-5-18-6-3-10/h2-3,5-6,11-12,20H,1,4,7-9H2/t11-,12+/m1/s1. The summed E-state index contributed by atoms with van der Waals surface area (Å²) in [5.41, 5.74) is 0.985. The summed E-state index contributed by atoms with van der Waals surface area (Å²) < 4.78 is 36.4. The molecular weight excluding hydrogens is 285 g/mol. The fourth-order valence-corrected chi connectivity index (χ4v) is 2.49. The van der Waals surface area contributed by atoms with E-state index in [2.05, 4.69) is 4.98 Å². The summed E-state index contributed by atoms with van der Waals surface area (Å²) in [6.07, 6.45) is -2.85. The third kappa shape index (κ3) is 4.70. The van der Waals surface area contributed by atoms with Gasteiger partial charge in [-0.3, -0.25) is 9.78 Å². The van der Waals surface area contributed by atoms with E-state index in [4.69, 9.17) is 0 Å². The molecule has 0 bridgehead atoms. The number of alkyl halides is 3. The van der Waals surface area contributed by atoms with Crippen LogP contribution in [0.25, 0.3) is 0 Å². The molecule has 7 heteroatoms. The summed E-state index contributed by atoms with van der Waals surface area (Å²) in [7, 11) is 0. The normalized spacial score (nSPS) is 22.6. The first-order chi connectivity index (χ1) is 9.85. The number of likely N-dealkylation sites (tertiary alicyclic amines) is 1. The van der Waals surface area contributed by atoms with Crippen LogP contribution in [0.5, 0.6) is 0 Å². The van der Waals surface area contributed by atoms with Crippen molar-refractivity contribution >= 4 is 5.91 Å². The van der Waals surface area contributed by atoms with E-state index in [0.717, 1.165) is 5.56 Å². The molecule has 2 heterocycles. The molecule has 0 unspecified atom stereocenters. The van der Waals surface area contributed by atoms with Crippen molar-refractivity contribution in [2.45, 2.75) is 31.5 Å². The fraction of sp³-hybridized carbons (Fsp3) is 0.571. The Morgan fingerprint density at radius 1 is 1.33 bits per heavy atom. The quantitative estimate of drug-likeness (QED) is 0.922. The maximum atomic E-state index is 12.1. The molecule has 1 fully saturated rings. The minimum Gasteiger partial charge on any atom is -0.391 e. The van der Waals surface area contributed by atoms with Crippen molar-refractivity contribution in [3.8, 4) is 0 Å². The van der Waals surface area contributed by atoms with E-state index in [9.17, 15) is 23.1 Å². The Hall–Kier alpha value is -1.63. The Kier molecular flexibility index (Phi) is 4.82. The molecule has 1 amide bonds. The molecule has 21 heavy (non-hydrogen) atoms. The van der Waals surface area contributed by atoms with Crippen molar-refractivity contribution in [1.82, 2.24) is 9.88 Å². The van der Waals surface area contributed by atoms with Gasteiger partial charge >= 0.3 is 6.18 Å². The second-order valence-corrected chi connectivity index (χ2v) is 5.30. The molecular formula is C14H17F3N2O2. The maximum Gasteiger partial charge on any atom is 0.389 e. The molecule has 1 aromatic heterocycles. The number of pyridine rings is 1. The summed E-state index contributed by atoms with van der Waals surface area (Å²) in [5.74, 6) is -0.703. The summed E-state index contributed by atoms with van der Waals surface area (Å²) in [6.45, 7) is 0.395. The Bertz CT molecular complexity index is 479. The average molecular weight is 302 g/mol. The number of aromatic nitrogens is 1. The van der Waals surface area contributed by atoms with Crippen LogP contribution in [-0.2, 0) is 11.2 Å². The highest BCUT2D eigenvalue weighted by molar-refractivity contribution is 5.76. The van der Waals surface area contributed by atoms with Crippen LogP contribution in [0.4, 0.5) is 13.2 Å². The first-order valence-electron chi connectivity index (χ1n) is 6.76. The summed E-state index contributed by atoms with van der Waals surface area (Å²) >= 11 is 0. The van der Waals surface area contributed by atoms with Gasteiger partial charge in [0.15, 0.2) is 0 Å². The Labute approximate surface area is 120 Å². The number of carbonyl (C=O) groups excluding carboxylic acids is 1. The summed E-state index contributed by atoms with van der Waals surface area (Å²) in [5, 5.41) is 9.97. The van der Waals surface area contributed by atoms with Crippen LogP contribution in [0, 0.1) is 5.92 Å². The van der Waals surface area contributed by atoms with Gasteiger partial charge in [-0.05, 0) is 24.1 Å². The first-order valence-corrected chi connectivity index (χ1v) is 6.76. The number of amides is 1. The number of β-amino-alcohol motifs (C(OH)–C–C–N with tert-alkyl or cyclic N) is 1. The minimum absolute atomic E-state index is 0.104. The molecule has 0 aromatic carbocycles. The van der Waals surface area contributed by atoms with E-state index in [1.165, 1.54) is 4.90 Å². The van der Waals surface area contributed by atoms with Gasteiger partial charge < -0.3 is 10.0 Å². The molecule has 1 saturated heterocycles. The van der Waals surface area contributed by atoms with Crippen LogP contribution < -0.4 is 0 Å². The molecule has 1 aliphatic rings. The van der Waals surface area contributed by atoms with Crippen molar-refractivity contribution in [3.63, 3.8) is 0 Å². The number of hydrogen-bond acceptors (Lipinski definition) is 3. The van der Waals surface area contributed by atoms with Crippen LogP contribution in [0.15, 0.2) is 24.5 Å². The van der Waals surface area contributed by atoms with Crippen LogP contribution in [-0.4, -0.2) is 46.3 Å². The van der Waals surface area contributed by atoms with Crippen molar-refractivity contribution in [3.05, 3.63) is 30.1 Å². The number of carbonyl (C=O) groups is 1. The highest BCUT2D eigenvalue weighted by Gasteiger charge is 2.35. The van der Waals surface area contributed by atoms with Crippen molar-refractivity contribution in [1.29, 1.82) is 0 Å². The van der Waals surface area contributed by atoms with Gasteiger partial charge in [-0.2, -0.15) is 13.2 Å². The van der Waals surface area contributed by atoms with Gasteiger partial charge in [0.05, 0.1) is 12.5 Å². The first kappa shape index (κ1) is 15.8. The van der Waals surface area contributed by atoms with E-state index in [1.54, 1.807) is 12.4 Å². The van der Waals surface area contributed by atoms with E-state index < -0.39 is 31.0 Å². The predicted octanol–water partition coefficient (Wildman–Crippen LogP) is 1.79. The van der Waals surface area contributed by atoms with Crippen molar-refractivity contribution < 1.29 is 23.1 Å². The van der Waals surface area contributed by atoms with Crippen LogP contribution >= 0.6 is 0 Å². The Morgan fingerprint density at radius 3 is 2.62 bits per heavy atom. The van der Waals surface area contributed by atoms with Gasteiger partial charge in [0.25, 0.3) is 0 Å². The smallest absolute Gasteiger partial charge is 0.389 e. The molecule has 4 nitrogen and oxygen atoms in total. The lowest BCUT2D eigenvalue weighted by Gasteiger charge is -2.16. The number of rotatable bonds is 4. The zero-order chi connectivity index (χ0) is 15.5. The fourth-order valence-electron chi connectivity index (χ4n) is 2.49. The highest BCUT2D eigenvalue weighted by Crippen LogP contribution is 2.25. The van der Waals surface area contributed by atoms with Crippen LogP contribution in [0.3, 0.4) is 0 Å². The monoisotopic (exact) mass is 302 g/mol. The molecule has 0 saturated carbocycles. The molecule has 2 rings (SSSR count). The van der Waals surface area contributed by atoms with Gasteiger partial charge in [-0.1, -0.05) is 0 Å². The molecule has 1 aromatic rings. The van der Waals surface area contributed by atoms with E-state index in [0.29, 0.717) is 13.0 Å². The molecule has 0 aliphatic carbocycles. The maximum absolute atomic E-state index is 12.1. The molecule has 1 N–H and O–H groups in total. The SMILES string of the molecule is O=C(CCC(F)(F)F)N1C[C@@H](Cc2ccncc2)[C@@H](O)C1. The Balaban J connectivity index is 1.87. The van der Waals surface area contributed by atoms with Crippen LogP contribution in [0.2, 0.25) is 0 Å². The molecule has 0 spiro atoms. The summed E-state index contributed by atoms with van der Waals surface area (Å²) in [6, 6.07) is 3.64. The highest BCUT2D eigenvalue weighted by atomic mass is 19.4. The second-order valence-electron chi connectivity index (χ2n) is 5.30. The second kappa shape index (κ2) is 6.43. The third-order valence-electron chi connectivity index (χ3n) is 3.63. The molecule has 0 radical (unpaired) electrons. The average Bonchev–Trinajstić information content (AvgIpc) is 2.78. The Morgan fingerprint density at radius 2 is 2.00 bits per heavy atom. The van der Waals surface area contributed by atoms with Crippen molar-refractivity contribution in [2.75, 3.05) is 13.1 Å². The van der Waals surface area contributed by atoms with Crippen LogP contribution in [0.1, 0.15) is 18.4 Å². The topological polar surface area (TPSA) is 53.4 Å². The lowest BCUT2D eigenvalue weighted by molar-refractivity contribution is -0.148. The molecule has 2 atom stereocenters. The lowest BCUT2D eigenvalue weighted by atomic mass is 9.97. The van der Waals surface area contributed by atoms with E-state index in [-0.39, 0.29) is 12.5 Å². The largest absolute Gasteiger partial charge is 0.391 e. The number of aliphatic hydroxyl groups is 1. The lowest BCUT2D eigenvalue weighted by Crippen LogP contribution is -2.30. The van der Waals surface area contributed by atoms with Gasteiger partial charge in [-0.25, -0.2) is 0 Å². The number of hydrogen-bond donors (Lipinski definition) is 1. The van der Waals surface area contributed by atoms with Gasteiger partial charge in [0.1, 0.15) is 0 Å². The zero-order valence-corrected chi connectivity index (χ0v) is 11.4. The minimum atomic E-state index is -4.33. The van der Waals surface area contributed by atoms with Crippen molar-refractivity contribution in [2.24, 2.45) is 5.92 Å². The van der Waals surface area contributed by atoms with E-state index >= 15 is 0 Å². The molecule has 1 aliphatic heterocycles. The zero-order valence-electron chi connectivity index (χ0n) is 11.4.